The molecule has 150 valence electrons. The van der Waals surface area contributed by atoms with Gasteiger partial charge in [-0.25, -0.2) is 0 Å². The highest BCUT2D eigenvalue weighted by Crippen LogP contribution is 2.24. The minimum Gasteiger partial charge on any atom is -0.497 e. The normalized spacial score (nSPS) is 15.8. The van der Waals surface area contributed by atoms with Crippen molar-refractivity contribution in [3.63, 3.8) is 0 Å². The highest BCUT2D eigenvalue weighted by atomic mass is 16.5. The summed E-state index contributed by atoms with van der Waals surface area (Å²) < 4.78 is 10.9. The fourth-order valence-electron chi connectivity index (χ4n) is 3.49. The fraction of sp³-hybridized carbons (Fsp3) is 0.455. The molecule has 2 heterocycles. The number of nitrogens with zero attached hydrogens (tertiary/aromatic N) is 2. The molecule has 6 heteroatoms. The van der Waals surface area contributed by atoms with Crippen LogP contribution in [0.5, 0.6) is 5.75 Å². The van der Waals surface area contributed by atoms with Crippen LogP contribution in [0.3, 0.4) is 0 Å². The minimum absolute atomic E-state index is 0.0880. The van der Waals surface area contributed by atoms with Gasteiger partial charge in [-0.15, -0.1) is 0 Å². The van der Waals surface area contributed by atoms with E-state index in [4.69, 9.17) is 9.47 Å². The molecule has 2 aromatic rings. The third-order valence-electron chi connectivity index (χ3n) is 5.05. The number of morpholine rings is 1. The molecule has 1 amide bonds. The Morgan fingerprint density at radius 2 is 2.14 bits per heavy atom. The molecule has 3 rings (SSSR count). The largest absolute Gasteiger partial charge is 0.497 e. The standard InChI is InChI=1S/C22H29N3O3/c1-27-20-8-3-7-19(15-20)21(25-11-13-28-14-12-25)17-24-22(26)9-2-5-18-6-4-10-23-16-18/h3-4,6-8,10,15-16,21H,2,5,9,11-14,17H2,1H3,(H,24,26). The molecule has 1 fully saturated rings. The molecule has 1 aliphatic rings. The smallest absolute Gasteiger partial charge is 0.220 e. The second kappa shape index (κ2) is 10.8. The molecule has 1 saturated heterocycles. The van der Waals surface area contributed by atoms with Crippen molar-refractivity contribution in [1.82, 2.24) is 15.2 Å². The summed E-state index contributed by atoms with van der Waals surface area (Å²) in [7, 11) is 1.67. The summed E-state index contributed by atoms with van der Waals surface area (Å²) in [6.07, 6.45) is 5.82. The number of nitrogens with one attached hydrogen (secondary N) is 1. The van der Waals surface area contributed by atoms with Crippen molar-refractivity contribution in [3.05, 3.63) is 59.9 Å². The van der Waals surface area contributed by atoms with Crippen LogP contribution in [0.15, 0.2) is 48.8 Å². The molecule has 1 unspecified atom stereocenters. The highest BCUT2D eigenvalue weighted by molar-refractivity contribution is 5.75. The maximum Gasteiger partial charge on any atom is 0.220 e. The van der Waals surface area contributed by atoms with E-state index < -0.39 is 0 Å². The van der Waals surface area contributed by atoms with Crippen molar-refractivity contribution in [1.29, 1.82) is 0 Å². The molecule has 0 bridgehead atoms. The minimum atomic E-state index is 0.0880. The lowest BCUT2D eigenvalue weighted by atomic mass is 10.0. The van der Waals surface area contributed by atoms with E-state index in [0.29, 0.717) is 13.0 Å². The quantitative estimate of drug-likeness (QED) is 0.721. The molecule has 1 aliphatic heterocycles. The molecule has 6 nitrogen and oxygen atoms in total. The van der Waals surface area contributed by atoms with Gasteiger partial charge in [0.05, 0.1) is 26.4 Å². The van der Waals surface area contributed by atoms with E-state index >= 15 is 0 Å². The maximum absolute atomic E-state index is 12.4. The van der Waals surface area contributed by atoms with Crippen LogP contribution in [0.1, 0.15) is 30.0 Å². The predicted molar refractivity (Wildman–Crippen MR) is 108 cm³/mol. The highest BCUT2D eigenvalue weighted by Gasteiger charge is 2.23. The van der Waals surface area contributed by atoms with Gasteiger partial charge in [-0.05, 0) is 42.2 Å². The number of ether oxygens (including phenoxy) is 2. The Bertz CT molecular complexity index is 733. The van der Waals surface area contributed by atoms with E-state index in [0.717, 1.165) is 56.0 Å². The Morgan fingerprint density at radius 1 is 1.29 bits per heavy atom. The van der Waals surface area contributed by atoms with Crippen LogP contribution in [-0.4, -0.2) is 55.7 Å². The van der Waals surface area contributed by atoms with Crippen molar-refractivity contribution in [2.45, 2.75) is 25.3 Å². The van der Waals surface area contributed by atoms with Gasteiger partial charge in [-0.3, -0.25) is 14.7 Å². The topological polar surface area (TPSA) is 63.7 Å². The first kappa shape index (κ1) is 20.3. The Labute approximate surface area is 166 Å². The number of methoxy groups -OCH3 is 1. The molecule has 1 aromatic carbocycles. The first-order valence-electron chi connectivity index (χ1n) is 9.87. The number of carbonyl (C=O) groups is 1. The fourth-order valence-corrected chi connectivity index (χ4v) is 3.49. The molecule has 0 saturated carbocycles. The maximum atomic E-state index is 12.4. The second-order valence-corrected chi connectivity index (χ2v) is 6.96. The molecule has 0 aliphatic carbocycles. The van der Waals surface area contributed by atoms with Crippen LogP contribution in [0, 0.1) is 0 Å². The SMILES string of the molecule is COc1cccc(C(CNC(=O)CCCc2cccnc2)N2CCOCC2)c1. The molecular weight excluding hydrogens is 354 g/mol. The van der Waals surface area contributed by atoms with Crippen molar-refractivity contribution in [3.8, 4) is 5.75 Å². The molecular formula is C22H29N3O3. The van der Waals surface area contributed by atoms with Crippen molar-refractivity contribution in [2.75, 3.05) is 40.0 Å². The molecule has 28 heavy (non-hydrogen) atoms. The molecule has 1 N–H and O–H groups in total. The lowest BCUT2D eigenvalue weighted by Crippen LogP contribution is -2.43. The summed E-state index contributed by atoms with van der Waals surface area (Å²) in [4.78, 5) is 18.9. The first-order chi connectivity index (χ1) is 13.8. The van der Waals surface area contributed by atoms with Crippen LogP contribution in [-0.2, 0) is 16.0 Å². The molecule has 0 spiro atoms. The zero-order chi connectivity index (χ0) is 19.6. The van der Waals surface area contributed by atoms with Gasteiger partial charge in [0.25, 0.3) is 0 Å². The van der Waals surface area contributed by atoms with Gasteiger partial charge in [-0.2, -0.15) is 0 Å². The number of hydrogen-bond donors (Lipinski definition) is 1. The van der Waals surface area contributed by atoms with Crippen LogP contribution in [0.2, 0.25) is 0 Å². The summed E-state index contributed by atoms with van der Waals surface area (Å²) in [6, 6.07) is 12.2. The number of aryl methyl sites for hydroxylation is 1. The van der Waals surface area contributed by atoms with E-state index in [-0.39, 0.29) is 11.9 Å². The van der Waals surface area contributed by atoms with Gasteiger partial charge in [0.2, 0.25) is 5.91 Å². The average molecular weight is 383 g/mol. The van der Waals surface area contributed by atoms with Crippen LogP contribution in [0.25, 0.3) is 0 Å². The van der Waals surface area contributed by atoms with Crippen LogP contribution >= 0.6 is 0 Å². The Balaban J connectivity index is 1.55. The summed E-state index contributed by atoms with van der Waals surface area (Å²) in [6.45, 7) is 3.75. The van der Waals surface area contributed by atoms with E-state index in [1.165, 1.54) is 0 Å². The van der Waals surface area contributed by atoms with Crippen molar-refractivity contribution >= 4 is 5.91 Å². The Kier molecular flexibility index (Phi) is 7.82. The van der Waals surface area contributed by atoms with Gasteiger partial charge in [0.1, 0.15) is 5.75 Å². The van der Waals surface area contributed by atoms with Crippen molar-refractivity contribution < 1.29 is 14.3 Å². The number of carbonyl (C=O) groups excluding carboxylic acids is 1. The number of rotatable bonds is 9. The Hall–Kier alpha value is -2.44. The van der Waals surface area contributed by atoms with Crippen molar-refractivity contribution in [2.24, 2.45) is 0 Å². The summed E-state index contributed by atoms with van der Waals surface area (Å²) in [5.74, 6) is 0.920. The van der Waals surface area contributed by atoms with E-state index in [1.807, 2.05) is 30.5 Å². The van der Waals surface area contributed by atoms with Gasteiger partial charge >= 0.3 is 0 Å². The van der Waals surface area contributed by atoms with Crippen LogP contribution < -0.4 is 10.1 Å². The summed E-state index contributed by atoms with van der Waals surface area (Å²) in [5.41, 5.74) is 2.31. The molecule has 1 aromatic heterocycles. The van der Waals surface area contributed by atoms with E-state index in [2.05, 4.69) is 27.3 Å². The summed E-state index contributed by atoms with van der Waals surface area (Å²) in [5, 5.41) is 3.12. The third kappa shape index (κ3) is 6.04. The first-order valence-corrected chi connectivity index (χ1v) is 9.87. The lowest BCUT2D eigenvalue weighted by Gasteiger charge is -2.35. The van der Waals surface area contributed by atoms with E-state index in [9.17, 15) is 4.79 Å². The number of aromatic nitrogens is 1. The third-order valence-corrected chi connectivity index (χ3v) is 5.05. The number of hydrogen-bond acceptors (Lipinski definition) is 5. The second-order valence-electron chi connectivity index (χ2n) is 6.96. The number of benzene rings is 1. The monoisotopic (exact) mass is 383 g/mol. The lowest BCUT2D eigenvalue weighted by molar-refractivity contribution is -0.121. The molecule has 1 atom stereocenters. The molecule has 0 radical (unpaired) electrons. The van der Waals surface area contributed by atoms with Gasteiger partial charge in [0.15, 0.2) is 0 Å². The average Bonchev–Trinajstić information content (AvgIpc) is 2.75. The van der Waals surface area contributed by atoms with E-state index in [1.54, 1.807) is 13.3 Å². The van der Waals surface area contributed by atoms with Crippen LogP contribution in [0.4, 0.5) is 0 Å². The zero-order valence-electron chi connectivity index (χ0n) is 16.5. The number of amides is 1. The number of pyridine rings is 1. The predicted octanol–water partition coefficient (Wildman–Crippen LogP) is 2.60. The summed E-state index contributed by atoms with van der Waals surface area (Å²) >= 11 is 0. The van der Waals surface area contributed by atoms with Gasteiger partial charge < -0.3 is 14.8 Å². The van der Waals surface area contributed by atoms with Gasteiger partial charge in [-0.1, -0.05) is 18.2 Å². The Morgan fingerprint density at radius 3 is 2.89 bits per heavy atom. The zero-order valence-corrected chi connectivity index (χ0v) is 16.5. The van der Waals surface area contributed by atoms with Gasteiger partial charge in [0, 0.05) is 38.4 Å².